The molecule has 0 radical (unpaired) electrons. The monoisotopic (exact) mass is 224 g/mol. The van der Waals surface area contributed by atoms with Gasteiger partial charge in [0.15, 0.2) is 0 Å². The minimum Gasteiger partial charge on any atom is -0.312 e. The highest BCUT2D eigenvalue weighted by molar-refractivity contribution is 7.11. The number of hydrogen-bond acceptors (Lipinski definition) is 3. The van der Waals surface area contributed by atoms with Crippen LogP contribution in [0, 0.1) is 18.8 Å². The van der Waals surface area contributed by atoms with Crippen LogP contribution in [-0.2, 0) is 6.54 Å². The van der Waals surface area contributed by atoms with E-state index in [0.717, 1.165) is 18.4 Å². The Kier molecular flexibility index (Phi) is 3.76. The molecule has 1 N–H and O–H groups in total. The molecule has 1 heterocycles. The van der Waals surface area contributed by atoms with Crippen molar-refractivity contribution >= 4 is 11.3 Å². The Morgan fingerprint density at radius 1 is 1.53 bits per heavy atom. The van der Waals surface area contributed by atoms with Crippen molar-refractivity contribution in [1.82, 2.24) is 10.3 Å². The highest BCUT2D eigenvalue weighted by atomic mass is 32.1. The van der Waals surface area contributed by atoms with E-state index in [2.05, 4.69) is 24.1 Å². The third-order valence-corrected chi connectivity index (χ3v) is 4.12. The lowest BCUT2D eigenvalue weighted by Crippen LogP contribution is -2.20. The summed E-state index contributed by atoms with van der Waals surface area (Å²) < 4.78 is 0. The van der Waals surface area contributed by atoms with Gasteiger partial charge >= 0.3 is 0 Å². The molecule has 0 amide bonds. The van der Waals surface area contributed by atoms with Gasteiger partial charge in [-0.2, -0.15) is 0 Å². The molecular weight excluding hydrogens is 204 g/mol. The van der Waals surface area contributed by atoms with Gasteiger partial charge in [0.1, 0.15) is 0 Å². The summed E-state index contributed by atoms with van der Waals surface area (Å²) in [5.41, 5.74) is 0. The van der Waals surface area contributed by atoms with Crippen molar-refractivity contribution < 1.29 is 0 Å². The van der Waals surface area contributed by atoms with Gasteiger partial charge in [0.25, 0.3) is 0 Å². The molecule has 0 aliphatic heterocycles. The van der Waals surface area contributed by atoms with Crippen molar-refractivity contribution in [3.8, 4) is 0 Å². The van der Waals surface area contributed by atoms with E-state index in [1.54, 1.807) is 11.3 Å². The van der Waals surface area contributed by atoms with E-state index in [4.69, 9.17) is 0 Å². The maximum absolute atomic E-state index is 4.26. The first kappa shape index (κ1) is 11.1. The fraction of sp³-hybridized carbons (Fsp3) is 0.750. The maximum atomic E-state index is 4.26. The summed E-state index contributed by atoms with van der Waals surface area (Å²) in [5.74, 6) is 1.86. The van der Waals surface area contributed by atoms with Gasteiger partial charge in [-0.1, -0.05) is 13.3 Å². The lowest BCUT2D eigenvalue weighted by Gasteiger charge is -2.09. The zero-order chi connectivity index (χ0) is 10.7. The minimum atomic E-state index is 0.911. The quantitative estimate of drug-likeness (QED) is 0.850. The Labute approximate surface area is 96.1 Å². The zero-order valence-corrected chi connectivity index (χ0v) is 10.4. The van der Waals surface area contributed by atoms with Gasteiger partial charge in [-0.3, -0.25) is 0 Å². The van der Waals surface area contributed by atoms with Gasteiger partial charge < -0.3 is 5.32 Å². The molecule has 1 saturated carbocycles. The number of thiazole rings is 1. The van der Waals surface area contributed by atoms with Crippen LogP contribution in [0.5, 0.6) is 0 Å². The molecule has 3 heteroatoms. The molecular formula is C12H20N2S. The average molecular weight is 224 g/mol. The molecule has 0 bridgehead atoms. The molecule has 1 aromatic heterocycles. The molecule has 1 aliphatic carbocycles. The van der Waals surface area contributed by atoms with E-state index in [1.165, 1.54) is 35.7 Å². The predicted molar refractivity (Wildman–Crippen MR) is 65.1 cm³/mol. The lowest BCUT2D eigenvalue weighted by atomic mass is 10.1. The van der Waals surface area contributed by atoms with Gasteiger partial charge in [0.05, 0.1) is 5.01 Å². The predicted octanol–water partition coefficient (Wildman–Crippen LogP) is 2.98. The highest BCUT2D eigenvalue weighted by Crippen LogP contribution is 2.29. The first-order valence-electron chi connectivity index (χ1n) is 5.86. The Morgan fingerprint density at radius 3 is 3.00 bits per heavy atom. The van der Waals surface area contributed by atoms with Gasteiger partial charge in [0.2, 0.25) is 0 Å². The van der Waals surface area contributed by atoms with Crippen molar-refractivity contribution in [2.24, 2.45) is 11.8 Å². The van der Waals surface area contributed by atoms with Crippen LogP contribution in [0.25, 0.3) is 0 Å². The Balaban J connectivity index is 1.67. The van der Waals surface area contributed by atoms with E-state index < -0.39 is 0 Å². The summed E-state index contributed by atoms with van der Waals surface area (Å²) >= 11 is 1.80. The van der Waals surface area contributed by atoms with E-state index in [1.807, 2.05) is 6.20 Å². The zero-order valence-electron chi connectivity index (χ0n) is 9.62. The maximum Gasteiger partial charge on any atom is 0.0897 e. The van der Waals surface area contributed by atoms with Crippen molar-refractivity contribution in [3.05, 3.63) is 16.1 Å². The largest absolute Gasteiger partial charge is 0.312 e. The van der Waals surface area contributed by atoms with Crippen molar-refractivity contribution in [3.63, 3.8) is 0 Å². The number of hydrogen-bond donors (Lipinski definition) is 1. The van der Waals surface area contributed by atoms with Crippen molar-refractivity contribution in [1.29, 1.82) is 0 Å². The van der Waals surface area contributed by atoms with Crippen LogP contribution in [0.2, 0.25) is 0 Å². The number of nitrogens with one attached hydrogen (secondary N) is 1. The summed E-state index contributed by atoms with van der Waals surface area (Å²) in [5, 5.41) is 4.72. The number of rotatable bonds is 4. The van der Waals surface area contributed by atoms with Crippen LogP contribution in [0.15, 0.2) is 6.20 Å². The second-order valence-corrected chi connectivity index (χ2v) is 6.08. The Hall–Kier alpha value is -0.410. The summed E-state index contributed by atoms with van der Waals surface area (Å²) in [7, 11) is 0. The van der Waals surface area contributed by atoms with Crippen LogP contribution in [0.4, 0.5) is 0 Å². The fourth-order valence-corrected chi connectivity index (χ4v) is 3.16. The third-order valence-electron chi connectivity index (χ3n) is 3.20. The van der Waals surface area contributed by atoms with Crippen molar-refractivity contribution in [2.75, 3.05) is 6.54 Å². The summed E-state index contributed by atoms with van der Waals surface area (Å²) in [6.45, 7) is 6.61. The summed E-state index contributed by atoms with van der Waals surface area (Å²) in [4.78, 5) is 5.62. The van der Waals surface area contributed by atoms with E-state index >= 15 is 0 Å². The van der Waals surface area contributed by atoms with Gasteiger partial charge in [0, 0.05) is 17.6 Å². The normalized spacial score (nSPS) is 26.0. The molecule has 1 aromatic rings. The summed E-state index contributed by atoms with van der Waals surface area (Å²) in [6.07, 6.45) is 6.24. The molecule has 84 valence electrons. The van der Waals surface area contributed by atoms with Gasteiger partial charge in [-0.05, 0) is 38.1 Å². The topological polar surface area (TPSA) is 24.9 Å². The number of aromatic nitrogens is 1. The summed E-state index contributed by atoms with van der Waals surface area (Å²) in [6, 6.07) is 0. The van der Waals surface area contributed by atoms with Crippen LogP contribution in [0.1, 0.15) is 36.1 Å². The third kappa shape index (κ3) is 3.28. The first-order valence-corrected chi connectivity index (χ1v) is 6.67. The highest BCUT2D eigenvalue weighted by Gasteiger charge is 2.20. The number of nitrogens with zero attached hydrogens (tertiary/aromatic N) is 1. The lowest BCUT2D eigenvalue weighted by molar-refractivity contribution is 0.472. The van der Waals surface area contributed by atoms with E-state index in [-0.39, 0.29) is 0 Å². The van der Waals surface area contributed by atoms with E-state index in [0.29, 0.717) is 0 Å². The fourth-order valence-electron chi connectivity index (χ4n) is 2.40. The second kappa shape index (κ2) is 5.08. The molecule has 0 aromatic carbocycles. The molecule has 0 saturated heterocycles. The molecule has 2 rings (SSSR count). The van der Waals surface area contributed by atoms with Gasteiger partial charge in [-0.25, -0.2) is 4.98 Å². The van der Waals surface area contributed by atoms with Crippen LogP contribution < -0.4 is 5.32 Å². The molecule has 2 unspecified atom stereocenters. The second-order valence-electron chi connectivity index (χ2n) is 4.76. The standard InChI is InChI=1S/C12H20N2S/c1-9-3-4-11(5-9)6-13-7-12-8-14-10(2)15-12/h8-9,11,13H,3-7H2,1-2H3. The van der Waals surface area contributed by atoms with Gasteiger partial charge in [-0.15, -0.1) is 11.3 Å². The SMILES string of the molecule is Cc1ncc(CNCC2CCC(C)C2)s1. The smallest absolute Gasteiger partial charge is 0.0897 e. The van der Waals surface area contributed by atoms with Crippen molar-refractivity contribution in [2.45, 2.75) is 39.7 Å². The average Bonchev–Trinajstić information content (AvgIpc) is 2.76. The Bertz CT molecular complexity index is 308. The molecule has 0 spiro atoms. The first-order chi connectivity index (χ1) is 7.24. The molecule has 1 fully saturated rings. The van der Waals surface area contributed by atoms with E-state index in [9.17, 15) is 0 Å². The molecule has 2 atom stereocenters. The van der Waals surface area contributed by atoms with Crippen LogP contribution >= 0.6 is 11.3 Å². The molecule has 1 aliphatic rings. The number of aryl methyl sites for hydroxylation is 1. The molecule has 15 heavy (non-hydrogen) atoms. The van der Waals surface area contributed by atoms with Crippen LogP contribution in [0.3, 0.4) is 0 Å². The van der Waals surface area contributed by atoms with Crippen LogP contribution in [-0.4, -0.2) is 11.5 Å². The molecule has 2 nitrogen and oxygen atoms in total. The minimum absolute atomic E-state index is 0.911. The Morgan fingerprint density at radius 2 is 2.40 bits per heavy atom.